The maximum atomic E-state index is 11.9. The minimum atomic E-state index is -0.576. The summed E-state index contributed by atoms with van der Waals surface area (Å²) < 4.78 is 11.2. The molecule has 1 saturated heterocycles. The minimum absolute atomic E-state index is 0.154. The number of hydrogen-bond acceptors (Lipinski definition) is 5. The number of carbonyl (C=O) groups excluding carboxylic acids is 1. The molecule has 0 radical (unpaired) electrons. The predicted octanol–water partition coefficient (Wildman–Crippen LogP) is 2.46. The molecule has 0 unspecified atom stereocenters. The second kappa shape index (κ2) is 5.22. The summed E-state index contributed by atoms with van der Waals surface area (Å²) in [4.78, 5) is 20.6. The Labute approximate surface area is 119 Å². The van der Waals surface area contributed by atoms with Gasteiger partial charge >= 0.3 is 0 Å². The van der Waals surface area contributed by atoms with Crippen molar-refractivity contribution in [3.8, 4) is 0 Å². The van der Waals surface area contributed by atoms with E-state index < -0.39 is 5.79 Å². The smallest absolute Gasteiger partial charge is 0.163 e. The van der Waals surface area contributed by atoms with E-state index in [-0.39, 0.29) is 17.3 Å². The Morgan fingerprint density at radius 1 is 1.35 bits per heavy atom. The number of ether oxygens (including phenoxy) is 2. The average Bonchev–Trinajstić information content (AvgIpc) is 2.69. The van der Waals surface area contributed by atoms with E-state index in [1.54, 1.807) is 12.4 Å². The Hall–Kier alpha value is -1.33. The van der Waals surface area contributed by atoms with Crippen LogP contribution in [-0.4, -0.2) is 28.1 Å². The van der Waals surface area contributed by atoms with Crippen molar-refractivity contribution in [1.29, 1.82) is 0 Å². The molecule has 0 aliphatic carbocycles. The van der Waals surface area contributed by atoms with E-state index in [0.717, 1.165) is 5.69 Å². The summed E-state index contributed by atoms with van der Waals surface area (Å²) in [6, 6.07) is 0. The normalized spacial score (nSPS) is 21.9. The van der Waals surface area contributed by atoms with Crippen LogP contribution >= 0.6 is 0 Å². The molecule has 1 aliphatic heterocycles. The van der Waals surface area contributed by atoms with Crippen LogP contribution in [0.2, 0.25) is 0 Å². The number of hydrogen-bond donors (Lipinski definition) is 0. The molecule has 0 N–H and O–H groups in total. The third-order valence-electron chi connectivity index (χ3n) is 3.24. The van der Waals surface area contributed by atoms with Crippen LogP contribution in [0.25, 0.3) is 0 Å². The fraction of sp³-hybridized carbons (Fsp3) is 0.667. The number of Topliss-reactive ketones (excluding diaryl/α,β-unsaturated/α-hetero) is 1. The second-order valence-electron chi connectivity index (χ2n) is 6.60. The summed E-state index contributed by atoms with van der Waals surface area (Å²) in [7, 11) is 0. The Bertz CT molecular complexity index is 489. The van der Waals surface area contributed by atoms with Gasteiger partial charge in [-0.1, -0.05) is 20.8 Å². The molecule has 0 amide bonds. The molecule has 0 saturated carbocycles. The second-order valence-corrected chi connectivity index (χ2v) is 6.60. The fourth-order valence-electron chi connectivity index (χ4n) is 1.88. The molecule has 5 nitrogen and oxygen atoms in total. The van der Waals surface area contributed by atoms with Crippen LogP contribution in [0, 0.1) is 5.41 Å². The van der Waals surface area contributed by atoms with Gasteiger partial charge in [-0.05, 0) is 13.8 Å². The zero-order chi connectivity index (χ0) is 15.0. The highest BCUT2D eigenvalue weighted by molar-refractivity contribution is 5.85. The fourth-order valence-corrected chi connectivity index (χ4v) is 1.88. The lowest BCUT2D eigenvalue weighted by molar-refractivity contribution is -0.139. The van der Waals surface area contributed by atoms with Gasteiger partial charge in [0.15, 0.2) is 5.79 Å². The maximum absolute atomic E-state index is 11.9. The van der Waals surface area contributed by atoms with Crippen LogP contribution in [0.3, 0.4) is 0 Å². The monoisotopic (exact) mass is 278 g/mol. The molecule has 1 aromatic rings. The van der Waals surface area contributed by atoms with Gasteiger partial charge in [0.05, 0.1) is 30.6 Å². The zero-order valence-electron chi connectivity index (χ0n) is 12.8. The number of nitrogens with zero attached hydrogens (tertiary/aromatic N) is 2. The van der Waals surface area contributed by atoms with E-state index in [1.165, 1.54) is 0 Å². The van der Waals surface area contributed by atoms with E-state index in [1.807, 2.05) is 34.6 Å². The minimum Gasteiger partial charge on any atom is -0.347 e. The van der Waals surface area contributed by atoms with Gasteiger partial charge in [-0.15, -0.1) is 0 Å². The lowest BCUT2D eigenvalue weighted by Gasteiger charge is -2.17. The standard InChI is InChI=1S/C15H22N2O3/c1-14(2,3)13(18)6-10-7-17-11(8-16-10)12-9-19-15(4,5)20-12/h7-8,12H,6,9H2,1-5H3/t12-/m1/s1. The van der Waals surface area contributed by atoms with Gasteiger partial charge in [-0.2, -0.15) is 0 Å². The Morgan fingerprint density at radius 3 is 2.50 bits per heavy atom. The van der Waals surface area contributed by atoms with Crippen LogP contribution in [0.15, 0.2) is 12.4 Å². The van der Waals surface area contributed by atoms with Gasteiger partial charge in [-0.25, -0.2) is 0 Å². The summed E-state index contributed by atoms with van der Waals surface area (Å²) in [6.45, 7) is 9.93. The highest BCUT2D eigenvalue weighted by atomic mass is 16.7. The predicted molar refractivity (Wildman–Crippen MR) is 74.1 cm³/mol. The van der Waals surface area contributed by atoms with E-state index in [2.05, 4.69) is 9.97 Å². The molecule has 0 bridgehead atoms. The van der Waals surface area contributed by atoms with Crippen LogP contribution in [-0.2, 0) is 20.7 Å². The van der Waals surface area contributed by atoms with Crippen LogP contribution < -0.4 is 0 Å². The highest BCUT2D eigenvalue weighted by Crippen LogP contribution is 2.31. The molecule has 1 aromatic heterocycles. The zero-order valence-corrected chi connectivity index (χ0v) is 12.8. The topological polar surface area (TPSA) is 61.3 Å². The first-order valence-electron chi connectivity index (χ1n) is 6.83. The van der Waals surface area contributed by atoms with Crippen molar-refractivity contribution >= 4 is 5.78 Å². The van der Waals surface area contributed by atoms with E-state index in [4.69, 9.17) is 9.47 Å². The summed E-state index contributed by atoms with van der Waals surface area (Å²) in [5, 5.41) is 0. The molecule has 110 valence electrons. The third-order valence-corrected chi connectivity index (χ3v) is 3.24. The Balaban J connectivity index is 2.02. The molecular formula is C15H22N2O3. The lowest BCUT2D eigenvalue weighted by atomic mass is 9.88. The number of ketones is 1. The van der Waals surface area contributed by atoms with E-state index in [9.17, 15) is 4.79 Å². The van der Waals surface area contributed by atoms with Crippen molar-refractivity contribution in [3.63, 3.8) is 0 Å². The largest absolute Gasteiger partial charge is 0.347 e. The molecule has 1 atom stereocenters. The summed E-state index contributed by atoms with van der Waals surface area (Å²) in [6.07, 6.45) is 3.43. The molecular weight excluding hydrogens is 256 g/mol. The first-order valence-corrected chi connectivity index (χ1v) is 6.83. The molecule has 20 heavy (non-hydrogen) atoms. The van der Waals surface area contributed by atoms with Gasteiger partial charge in [-0.3, -0.25) is 14.8 Å². The summed E-state index contributed by atoms with van der Waals surface area (Å²) in [5.41, 5.74) is 1.07. The van der Waals surface area contributed by atoms with Crippen molar-refractivity contribution < 1.29 is 14.3 Å². The van der Waals surface area contributed by atoms with Gasteiger partial charge in [0.1, 0.15) is 11.9 Å². The lowest BCUT2D eigenvalue weighted by Crippen LogP contribution is -2.22. The van der Waals surface area contributed by atoms with Crippen molar-refractivity contribution in [2.24, 2.45) is 5.41 Å². The van der Waals surface area contributed by atoms with Crippen molar-refractivity contribution in [2.45, 2.75) is 52.9 Å². The molecule has 1 aliphatic rings. The SMILES string of the molecule is CC1(C)OC[C@H](c2cnc(CC(=O)C(C)(C)C)cn2)O1. The van der Waals surface area contributed by atoms with Gasteiger partial charge in [0, 0.05) is 11.6 Å². The molecule has 2 heterocycles. The summed E-state index contributed by atoms with van der Waals surface area (Å²) in [5.74, 6) is -0.422. The van der Waals surface area contributed by atoms with Gasteiger partial charge in [0.25, 0.3) is 0 Å². The first-order chi connectivity index (χ1) is 9.17. The van der Waals surface area contributed by atoms with E-state index >= 15 is 0 Å². The quantitative estimate of drug-likeness (QED) is 0.850. The number of carbonyl (C=O) groups is 1. The maximum Gasteiger partial charge on any atom is 0.163 e. The average molecular weight is 278 g/mol. The van der Waals surface area contributed by atoms with Crippen molar-refractivity contribution in [2.75, 3.05) is 6.61 Å². The van der Waals surface area contributed by atoms with E-state index in [0.29, 0.717) is 18.7 Å². The van der Waals surface area contributed by atoms with Crippen LogP contribution in [0.5, 0.6) is 0 Å². The third kappa shape index (κ3) is 3.61. The Morgan fingerprint density at radius 2 is 2.05 bits per heavy atom. The molecule has 1 fully saturated rings. The molecule has 0 aromatic carbocycles. The van der Waals surface area contributed by atoms with Crippen LogP contribution in [0.1, 0.15) is 52.1 Å². The van der Waals surface area contributed by atoms with Crippen molar-refractivity contribution in [1.82, 2.24) is 9.97 Å². The van der Waals surface area contributed by atoms with Crippen molar-refractivity contribution in [3.05, 3.63) is 23.8 Å². The number of aromatic nitrogens is 2. The molecule has 0 spiro atoms. The Kier molecular flexibility index (Phi) is 3.93. The first kappa shape index (κ1) is 15.1. The molecule has 2 rings (SSSR count). The summed E-state index contributed by atoms with van der Waals surface area (Å²) >= 11 is 0. The number of rotatable bonds is 3. The van der Waals surface area contributed by atoms with Crippen LogP contribution in [0.4, 0.5) is 0 Å². The molecule has 5 heteroatoms. The van der Waals surface area contributed by atoms with Gasteiger partial charge < -0.3 is 9.47 Å². The van der Waals surface area contributed by atoms with Gasteiger partial charge in [0.2, 0.25) is 0 Å². The highest BCUT2D eigenvalue weighted by Gasteiger charge is 2.34.